The summed E-state index contributed by atoms with van der Waals surface area (Å²) in [6, 6.07) is 3.98. The zero-order chi connectivity index (χ0) is 15.6. The molecule has 0 aromatic carbocycles. The van der Waals surface area contributed by atoms with Crippen molar-refractivity contribution in [3.05, 3.63) is 29.1 Å². The maximum atomic E-state index is 11.8. The molecule has 5 nitrogen and oxygen atoms in total. The molecule has 0 amide bonds. The normalized spacial score (nSPS) is 24.8. The van der Waals surface area contributed by atoms with E-state index in [0.29, 0.717) is 6.42 Å². The van der Waals surface area contributed by atoms with E-state index in [0.717, 1.165) is 36.2 Å². The van der Waals surface area contributed by atoms with Gasteiger partial charge in [0.1, 0.15) is 9.84 Å². The fourth-order valence-corrected chi connectivity index (χ4v) is 4.57. The molecule has 0 aliphatic heterocycles. The fourth-order valence-electron chi connectivity index (χ4n) is 3.38. The zero-order valence-electron chi connectivity index (χ0n) is 13.0. The summed E-state index contributed by atoms with van der Waals surface area (Å²) >= 11 is 0. The molecule has 0 spiro atoms. The van der Waals surface area contributed by atoms with Gasteiger partial charge in [-0.25, -0.2) is 8.42 Å². The molecule has 1 aromatic rings. The first-order valence-corrected chi connectivity index (χ1v) is 9.37. The summed E-state index contributed by atoms with van der Waals surface area (Å²) in [6.07, 6.45) is 4.69. The average Bonchev–Trinajstić information content (AvgIpc) is 2.41. The molecule has 0 saturated heterocycles. The Morgan fingerprint density at radius 3 is 2.62 bits per heavy atom. The second-order valence-electron chi connectivity index (χ2n) is 6.15. The van der Waals surface area contributed by atoms with E-state index in [1.165, 1.54) is 6.26 Å². The summed E-state index contributed by atoms with van der Waals surface area (Å²) < 4.78 is 23.7. The van der Waals surface area contributed by atoms with Gasteiger partial charge in [0.25, 0.3) is 0 Å². The number of nitrogens with two attached hydrogens (primary N) is 1. The van der Waals surface area contributed by atoms with Gasteiger partial charge >= 0.3 is 0 Å². The molecule has 21 heavy (non-hydrogen) atoms. The first kappa shape index (κ1) is 16.4. The predicted molar refractivity (Wildman–Crippen MR) is 84.4 cm³/mol. The maximum absolute atomic E-state index is 11.8. The predicted octanol–water partition coefficient (Wildman–Crippen LogP) is 1.81. The van der Waals surface area contributed by atoms with E-state index in [-0.39, 0.29) is 17.2 Å². The Morgan fingerprint density at radius 2 is 2.05 bits per heavy atom. The lowest BCUT2D eigenvalue weighted by Crippen LogP contribution is -2.38. The van der Waals surface area contributed by atoms with E-state index < -0.39 is 9.84 Å². The summed E-state index contributed by atoms with van der Waals surface area (Å²) in [4.78, 5) is 4.49. The second kappa shape index (κ2) is 6.42. The Hall–Kier alpha value is -0.980. The lowest BCUT2D eigenvalue weighted by atomic mass is 9.80. The van der Waals surface area contributed by atoms with Crippen molar-refractivity contribution in [1.29, 1.82) is 0 Å². The van der Waals surface area contributed by atoms with Crippen molar-refractivity contribution in [2.75, 3.05) is 6.26 Å². The number of sulfone groups is 1. The molecule has 1 aliphatic rings. The Balaban J connectivity index is 2.24. The van der Waals surface area contributed by atoms with Crippen molar-refractivity contribution in [1.82, 2.24) is 10.4 Å². The van der Waals surface area contributed by atoms with Crippen molar-refractivity contribution in [3.63, 3.8) is 0 Å². The molecule has 0 radical (unpaired) electrons. The molecule has 3 unspecified atom stereocenters. The quantitative estimate of drug-likeness (QED) is 0.654. The molecule has 1 aromatic heterocycles. The third-order valence-corrected chi connectivity index (χ3v) is 6.16. The number of hydrogen-bond acceptors (Lipinski definition) is 5. The summed E-state index contributed by atoms with van der Waals surface area (Å²) in [7, 11) is -2.98. The highest BCUT2D eigenvalue weighted by Gasteiger charge is 2.34. The minimum absolute atomic E-state index is 0.0392. The van der Waals surface area contributed by atoms with Crippen LogP contribution in [-0.4, -0.2) is 24.9 Å². The minimum Gasteiger partial charge on any atom is -0.271 e. The standard InChI is InChI=1S/C15H25N3O2S/c1-10-7-8-14(11(2)17-10)15(18-16)12-5-4-6-13(9-12)21(3,19)20/h7-8,12-13,15,18H,4-6,9,16H2,1-3H3. The van der Waals surface area contributed by atoms with Crippen molar-refractivity contribution < 1.29 is 8.42 Å². The SMILES string of the molecule is Cc1ccc(C(NN)C2CCCC(S(C)(=O)=O)C2)c(C)n1. The Morgan fingerprint density at radius 1 is 1.33 bits per heavy atom. The van der Waals surface area contributed by atoms with Gasteiger partial charge in [-0.3, -0.25) is 16.3 Å². The Bertz CT molecular complexity index is 601. The molecular formula is C15H25N3O2S. The van der Waals surface area contributed by atoms with Crippen molar-refractivity contribution >= 4 is 9.84 Å². The van der Waals surface area contributed by atoms with Crippen LogP contribution in [0.1, 0.15) is 48.7 Å². The van der Waals surface area contributed by atoms with Crippen molar-refractivity contribution in [3.8, 4) is 0 Å². The van der Waals surface area contributed by atoms with Crippen LogP contribution in [0.5, 0.6) is 0 Å². The van der Waals surface area contributed by atoms with Gasteiger partial charge in [-0.1, -0.05) is 12.5 Å². The second-order valence-corrected chi connectivity index (χ2v) is 8.48. The Kier molecular flexibility index (Phi) is 5.01. The van der Waals surface area contributed by atoms with E-state index >= 15 is 0 Å². The maximum Gasteiger partial charge on any atom is 0.150 e. The molecule has 118 valence electrons. The third kappa shape index (κ3) is 3.81. The van der Waals surface area contributed by atoms with Gasteiger partial charge in [0.05, 0.1) is 11.3 Å². The number of hydrazine groups is 1. The van der Waals surface area contributed by atoms with Gasteiger partial charge in [-0.15, -0.1) is 0 Å². The van der Waals surface area contributed by atoms with Gasteiger partial charge < -0.3 is 0 Å². The lowest BCUT2D eigenvalue weighted by Gasteiger charge is -2.34. The summed E-state index contributed by atoms with van der Waals surface area (Å²) in [6.45, 7) is 3.94. The van der Waals surface area contributed by atoms with Crippen LogP contribution in [0.25, 0.3) is 0 Å². The first-order valence-electron chi connectivity index (χ1n) is 7.42. The molecule has 3 atom stereocenters. The first-order chi connectivity index (χ1) is 9.82. The highest BCUT2D eigenvalue weighted by molar-refractivity contribution is 7.91. The molecule has 2 rings (SSSR count). The summed E-state index contributed by atoms with van der Waals surface area (Å²) in [5.74, 6) is 6.00. The van der Waals surface area contributed by atoms with E-state index in [4.69, 9.17) is 5.84 Å². The molecule has 3 N–H and O–H groups in total. The molecule has 6 heteroatoms. The van der Waals surface area contributed by atoms with Crippen LogP contribution >= 0.6 is 0 Å². The van der Waals surface area contributed by atoms with Crippen LogP contribution in [0.3, 0.4) is 0 Å². The van der Waals surface area contributed by atoms with Crippen LogP contribution in [-0.2, 0) is 9.84 Å². The molecule has 0 bridgehead atoms. The van der Waals surface area contributed by atoms with Crippen molar-refractivity contribution in [2.45, 2.75) is 50.8 Å². The number of aromatic nitrogens is 1. The highest BCUT2D eigenvalue weighted by Crippen LogP contribution is 2.37. The van der Waals surface area contributed by atoms with Gasteiger partial charge in [0, 0.05) is 17.6 Å². The van der Waals surface area contributed by atoms with Gasteiger partial charge in [0.2, 0.25) is 0 Å². The van der Waals surface area contributed by atoms with E-state index in [2.05, 4.69) is 10.4 Å². The number of rotatable bonds is 4. The van der Waals surface area contributed by atoms with Gasteiger partial charge in [-0.2, -0.15) is 0 Å². The third-order valence-electron chi connectivity index (χ3n) is 4.52. The monoisotopic (exact) mass is 311 g/mol. The number of pyridine rings is 1. The van der Waals surface area contributed by atoms with Crippen molar-refractivity contribution in [2.24, 2.45) is 11.8 Å². The number of aryl methyl sites for hydroxylation is 2. The zero-order valence-corrected chi connectivity index (χ0v) is 13.8. The van der Waals surface area contributed by atoms with Gasteiger partial charge in [0.15, 0.2) is 0 Å². The number of nitrogens with one attached hydrogen (secondary N) is 1. The number of nitrogens with zero attached hydrogens (tertiary/aromatic N) is 1. The van der Waals surface area contributed by atoms with Crippen LogP contribution in [0.4, 0.5) is 0 Å². The molecule has 1 heterocycles. The largest absolute Gasteiger partial charge is 0.271 e. The van der Waals surface area contributed by atoms with Crippen LogP contribution in [0, 0.1) is 19.8 Å². The smallest absolute Gasteiger partial charge is 0.150 e. The summed E-state index contributed by atoms with van der Waals surface area (Å²) in [5.41, 5.74) is 5.89. The molecule has 1 aliphatic carbocycles. The summed E-state index contributed by atoms with van der Waals surface area (Å²) in [5, 5.41) is -0.245. The van der Waals surface area contributed by atoms with Crippen LogP contribution < -0.4 is 11.3 Å². The molecule has 1 saturated carbocycles. The highest BCUT2D eigenvalue weighted by atomic mass is 32.2. The molecule has 1 fully saturated rings. The topological polar surface area (TPSA) is 85.1 Å². The number of hydrogen-bond donors (Lipinski definition) is 2. The molecular weight excluding hydrogens is 286 g/mol. The van der Waals surface area contributed by atoms with Crippen LogP contribution in [0.2, 0.25) is 0 Å². The van der Waals surface area contributed by atoms with E-state index in [9.17, 15) is 8.42 Å². The Labute approximate surface area is 127 Å². The van der Waals surface area contributed by atoms with Gasteiger partial charge in [-0.05, 0) is 50.7 Å². The fraction of sp³-hybridized carbons (Fsp3) is 0.667. The van der Waals surface area contributed by atoms with E-state index in [1.54, 1.807) is 0 Å². The van der Waals surface area contributed by atoms with E-state index in [1.807, 2.05) is 26.0 Å². The average molecular weight is 311 g/mol. The minimum atomic E-state index is -2.98. The van der Waals surface area contributed by atoms with Crippen LogP contribution in [0.15, 0.2) is 12.1 Å². The lowest BCUT2D eigenvalue weighted by molar-refractivity contribution is 0.273.